The summed E-state index contributed by atoms with van der Waals surface area (Å²) in [5.41, 5.74) is 6.55. The average molecular weight is 306 g/mol. The van der Waals surface area contributed by atoms with Crippen molar-refractivity contribution in [3.8, 4) is 5.75 Å². The summed E-state index contributed by atoms with van der Waals surface area (Å²) in [6, 6.07) is 3.24. The van der Waals surface area contributed by atoms with E-state index in [0.717, 1.165) is 12.0 Å². The van der Waals surface area contributed by atoms with Gasteiger partial charge in [0.05, 0.1) is 17.7 Å². The van der Waals surface area contributed by atoms with Crippen LogP contribution in [0.1, 0.15) is 32.3 Å². The Balaban J connectivity index is 2.84. The standard InChI is InChI=1S/C14H21Cl2NO2/c1-3-6-19-14-10(4-5-13(18)9(2)17)7-11(15)8-12(14)16/h7-9,13,18H,3-6,17H2,1-2H3. The molecule has 0 spiro atoms. The van der Waals surface area contributed by atoms with Gasteiger partial charge in [0.2, 0.25) is 0 Å². The van der Waals surface area contributed by atoms with Gasteiger partial charge in [-0.1, -0.05) is 30.1 Å². The topological polar surface area (TPSA) is 55.5 Å². The summed E-state index contributed by atoms with van der Waals surface area (Å²) in [6.45, 7) is 4.41. The van der Waals surface area contributed by atoms with Gasteiger partial charge in [0.1, 0.15) is 5.75 Å². The van der Waals surface area contributed by atoms with Gasteiger partial charge < -0.3 is 15.6 Å². The predicted molar refractivity (Wildman–Crippen MR) is 80.2 cm³/mol. The van der Waals surface area contributed by atoms with Crippen molar-refractivity contribution in [2.75, 3.05) is 6.61 Å². The molecule has 5 heteroatoms. The molecule has 0 radical (unpaired) electrons. The first-order valence-corrected chi connectivity index (χ1v) is 7.25. The third-order valence-corrected chi connectivity index (χ3v) is 3.35. The van der Waals surface area contributed by atoms with E-state index in [-0.39, 0.29) is 6.04 Å². The van der Waals surface area contributed by atoms with E-state index >= 15 is 0 Å². The third kappa shape index (κ3) is 5.19. The van der Waals surface area contributed by atoms with Crippen LogP contribution in [0.2, 0.25) is 10.0 Å². The zero-order valence-electron chi connectivity index (χ0n) is 11.3. The van der Waals surface area contributed by atoms with E-state index in [0.29, 0.717) is 35.2 Å². The molecule has 1 aromatic rings. The maximum absolute atomic E-state index is 9.76. The van der Waals surface area contributed by atoms with Crippen LogP contribution in [0.25, 0.3) is 0 Å². The van der Waals surface area contributed by atoms with Crippen LogP contribution in [-0.4, -0.2) is 23.9 Å². The van der Waals surface area contributed by atoms with Crippen LogP contribution < -0.4 is 10.5 Å². The molecular weight excluding hydrogens is 285 g/mol. The Labute approximate surface area is 124 Å². The molecule has 0 aromatic heterocycles. The first-order chi connectivity index (χ1) is 8.95. The highest BCUT2D eigenvalue weighted by Crippen LogP contribution is 2.33. The molecule has 0 saturated carbocycles. The lowest BCUT2D eigenvalue weighted by Gasteiger charge is -2.17. The summed E-state index contributed by atoms with van der Waals surface area (Å²) < 4.78 is 5.66. The minimum Gasteiger partial charge on any atom is -0.492 e. The Bertz CT molecular complexity index is 411. The number of hydrogen-bond acceptors (Lipinski definition) is 3. The molecule has 1 rings (SSSR count). The van der Waals surface area contributed by atoms with Crippen molar-refractivity contribution >= 4 is 23.2 Å². The molecule has 3 nitrogen and oxygen atoms in total. The predicted octanol–water partition coefficient (Wildman–Crippen LogP) is 3.42. The quantitative estimate of drug-likeness (QED) is 0.811. The number of hydrogen-bond donors (Lipinski definition) is 2. The van der Waals surface area contributed by atoms with Gasteiger partial charge in [-0.25, -0.2) is 0 Å². The van der Waals surface area contributed by atoms with Crippen molar-refractivity contribution in [2.45, 2.75) is 45.3 Å². The number of nitrogens with two attached hydrogens (primary N) is 1. The van der Waals surface area contributed by atoms with Gasteiger partial charge in [-0.2, -0.15) is 0 Å². The summed E-state index contributed by atoms with van der Waals surface area (Å²) in [6.07, 6.45) is 1.54. The van der Waals surface area contributed by atoms with Crippen LogP contribution in [0.3, 0.4) is 0 Å². The molecular formula is C14H21Cl2NO2. The zero-order chi connectivity index (χ0) is 14.4. The molecule has 2 unspecified atom stereocenters. The van der Waals surface area contributed by atoms with Crippen LogP contribution in [-0.2, 0) is 6.42 Å². The Hall–Kier alpha value is -0.480. The molecule has 0 saturated heterocycles. The van der Waals surface area contributed by atoms with Crippen LogP contribution in [0, 0.1) is 0 Å². The highest BCUT2D eigenvalue weighted by molar-refractivity contribution is 6.35. The van der Waals surface area contributed by atoms with Crippen molar-refractivity contribution in [1.29, 1.82) is 0 Å². The molecule has 0 aliphatic carbocycles. The lowest BCUT2D eigenvalue weighted by molar-refractivity contribution is 0.141. The van der Waals surface area contributed by atoms with E-state index in [9.17, 15) is 5.11 Å². The second-order valence-electron chi connectivity index (χ2n) is 4.69. The average Bonchev–Trinajstić information content (AvgIpc) is 2.34. The van der Waals surface area contributed by atoms with E-state index < -0.39 is 6.10 Å². The summed E-state index contributed by atoms with van der Waals surface area (Å²) in [5.74, 6) is 0.657. The normalized spacial score (nSPS) is 14.2. The molecule has 0 fully saturated rings. The number of aryl methyl sites for hydroxylation is 1. The molecule has 3 N–H and O–H groups in total. The smallest absolute Gasteiger partial charge is 0.141 e. The minimum atomic E-state index is -0.545. The SMILES string of the molecule is CCCOc1c(Cl)cc(Cl)cc1CCC(O)C(C)N. The van der Waals surface area contributed by atoms with Crippen molar-refractivity contribution < 1.29 is 9.84 Å². The Morgan fingerprint density at radius 2 is 2.05 bits per heavy atom. The van der Waals surface area contributed by atoms with Crippen molar-refractivity contribution in [1.82, 2.24) is 0 Å². The summed E-state index contributed by atoms with van der Waals surface area (Å²) >= 11 is 12.2. The Kier molecular flexibility index (Phi) is 6.94. The third-order valence-electron chi connectivity index (χ3n) is 2.85. The first kappa shape index (κ1) is 16.6. The fourth-order valence-electron chi connectivity index (χ4n) is 1.73. The molecule has 0 aliphatic heterocycles. The van der Waals surface area contributed by atoms with Crippen molar-refractivity contribution in [3.63, 3.8) is 0 Å². The molecule has 0 amide bonds. The van der Waals surface area contributed by atoms with Crippen LogP contribution in [0.4, 0.5) is 0 Å². The van der Waals surface area contributed by atoms with E-state index in [2.05, 4.69) is 0 Å². The van der Waals surface area contributed by atoms with Crippen LogP contribution in [0.5, 0.6) is 5.75 Å². The highest BCUT2D eigenvalue weighted by Gasteiger charge is 2.14. The minimum absolute atomic E-state index is 0.255. The van der Waals surface area contributed by atoms with Crippen LogP contribution >= 0.6 is 23.2 Å². The van der Waals surface area contributed by atoms with Gasteiger partial charge >= 0.3 is 0 Å². The lowest BCUT2D eigenvalue weighted by atomic mass is 10.0. The van der Waals surface area contributed by atoms with Gasteiger partial charge in [-0.05, 0) is 43.9 Å². The summed E-state index contributed by atoms with van der Waals surface area (Å²) in [4.78, 5) is 0. The molecule has 0 aliphatic rings. The summed E-state index contributed by atoms with van der Waals surface area (Å²) in [7, 11) is 0. The lowest BCUT2D eigenvalue weighted by Crippen LogP contribution is -2.31. The van der Waals surface area contributed by atoms with Gasteiger partial charge in [-0.3, -0.25) is 0 Å². The molecule has 108 valence electrons. The van der Waals surface area contributed by atoms with Crippen molar-refractivity contribution in [2.24, 2.45) is 5.73 Å². The molecule has 0 bridgehead atoms. The van der Waals surface area contributed by atoms with Gasteiger partial charge in [0.15, 0.2) is 0 Å². The molecule has 0 heterocycles. The number of aliphatic hydroxyl groups is 1. The van der Waals surface area contributed by atoms with E-state index in [1.165, 1.54) is 0 Å². The zero-order valence-corrected chi connectivity index (χ0v) is 12.8. The number of benzene rings is 1. The van der Waals surface area contributed by atoms with Gasteiger partial charge in [0.25, 0.3) is 0 Å². The highest BCUT2D eigenvalue weighted by atomic mass is 35.5. The number of rotatable bonds is 7. The van der Waals surface area contributed by atoms with E-state index in [1.807, 2.05) is 13.0 Å². The fraction of sp³-hybridized carbons (Fsp3) is 0.571. The Morgan fingerprint density at radius 1 is 1.37 bits per heavy atom. The maximum atomic E-state index is 9.76. The van der Waals surface area contributed by atoms with Crippen LogP contribution in [0.15, 0.2) is 12.1 Å². The molecule has 2 atom stereocenters. The molecule has 19 heavy (non-hydrogen) atoms. The largest absolute Gasteiger partial charge is 0.492 e. The van der Waals surface area contributed by atoms with E-state index in [4.69, 9.17) is 33.7 Å². The maximum Gasteiger partial charge on any atom is 0.141 e. The number of ether oxygens (including phenoxy) is 1. The number of halogens is 2. The second kappa shape index (κ2) is 7.95. The van der Waals surface area contributed by atoms with Gasteiger partial charge in [0, 0.05) is 11.1 Å². The first-order valence-electron chi connectivity index (χ1n) is 6.50. The molecule has 1 aromatic carbocycles. The Morgan fingerprint density at radius 3 is 2.63 bits per heavy atom. The summed E-state index contributed by atoms with van der Waals surface area (Å²) in [5, 5.41) is 10.8. The van der Waals surface area contributed by atoms with Crippen molar-refractivity contribution in [3.05, 3.63) is 27.7 Å². The van der Waals surface area contributed by atoms with Gasteiger partial charge in [-0.15, -0.1) is 0 Å². The second-order valence-corrected chi connectivity index (χ2v) is 5.53. The fourth-order valence-corrected chi connectivity index (χ4v) is 2.32. The van der Waals surface area contributed by atoms with E-state index in [1.54, 1.807) is 13.0 Å². The monoisotopic (exact) mass is 305 g/mol. The number of aliphatic hydroxyl groups excluding tert-OH is 1.